The molecule has 1 saturated carbocycles. The van der Waals surface area contributed by atoms with Crippen LogP contribution in [0.1, 0.15) is 35.4 Å². The number of aromatic nitrogens is 3. The minimum Gasteiger partial charge on any atom is -0.391 e. The summed E-state index contributed by atoms with van der Waals surface area (Å²) in [7, 11) is 0. The predicted octanol–water partition coefficient (Wildman–Crippen LogP) is 5.20. The topological polar surface area (TPSA) is 68.5 Å². The molecule has 146 valence electrons. The molecule has 2 heterocycles. The number of carbonyl (C=O) groups is 1. The molecule has 28 heavy (non-hydrogen) atoms. The van der Waals surface area contributed by atoms with Gasteiger partial charge in [0.2, 0.25) is 5.88 Å². The summed E-state index contributed by atoms with van der Waals surface area (Å²) < 4.78 is 45.4. The van der Waals surface area contributed by atoms with Crippen molar-refractivity contribution in [1.29, 1.82) is 0 Å². The Labute approximate surface area is 162 Å². The SMILES string of the molecule is Cc1cc(NC(=O)Oc2cc(Cl)nc3c(C4CC4)cnn23)cc(C(F)(F)F)c1. The number of benzene rings is 1. The molecule has 0 spiro atoms. The van der Waals surface area contributed by atoms with E-state index in [1.807, 2.05) is 0 Å². The van der Waals surface area contributed by atoms with Crippen molar-refractivity contribution < 1.29 is 22.7 Å². The summed E-state index contributed by atoms with van der Waals surface area (Å²) in [6, 6.07) is 4.55. The third-order valence-electron chi connectivity index (χ3n) is 4.30. The molecule has 0 aliphatic heterocycles. The zero-order valence-corrected chi connectivity index (χ0v) is 15.3. The van der Waals surface area contributed by atoms with Gasteiger partial charge in [-0.25, -0.2) is 9.78 Å². The summed E-state index contributed by atoms with van der Waals surface area (Å²) in [6.45, 7) is 1.50. The average molecular weight is 411 g/mol. The first-order chi connectivity index (χ1) is 13.2. The van der Waals surface area contributed by atoms with Crippen LogP contribution in [0.5, 0.6) is 5.88 Å². The van der Waals surface area contributed by atoms with E-state index in [1.54, 1.807) is 6.20 Å². The van der Waals surface area contributed by atoms with E-state index in [9.17, 15) is 18.0 Å². The van der Waals surface area contributed by atoms with Crippen LogP contribution in [-0.4, -0.2) is 20.7 Å². The lowest BCUT2D eigenvalue weighted by Crippen LogP contribution is -2.19. The number of halogens is 4. The van der Waals surface area contributed by atoms with E-state index in [0.717, 1.165) is 30.5 Å². The van der Waals surface area contributed by atoms with Gasteiger partial charge in [0.1, 0.15) is 5.15 Å². The molecule has 6 nitrogen and oxygen atoms in total. The standard InChI is InChI=1S/C18H14ClF3N4O2/c1-9-4-11(18(20,21)22)6-12(5-9)24-17(27)28-15-7-14(19)25-16-13(10-2-3-10)8-23-26(15)16/h4-8,10H,2-3H2,1H3,(H,24,27). The van der Waals surface area contributed by atoms with Crippen LogP contribution in [0, 0.1) is 6.92 Å². The van der Waals surface area contributed by atoms with Crippen LogP contribution in [0.3, 0.4) is 0 Å². The van der Waals surface area contributed by atoms with E-state index < -0.39 is 17.8 Å². The van der Waals surface area contributed by atoms with Gasteiger partial charge in [-0.15, -0.1) is 0 Å². The van der Waals surface area contributed by atoms with E-state index in [0.29, 0.717) is 17.1 Å². The molecule has 4 rings (SSSR count). The molecule has 0 radical (unpaired) electrons. The summed E-state index contributed by atoms with van der Waals surface area (Å²) in [5, 5.41) is 6.61. The molecular weight excluding hydrogens is 397 g/mol. The first-order valence-electron chi connectivity index (χ1n) is 8.42. The van der Waals surface area contributed by atoms with Gasteiger partial charge in [0, 0.05) is 17.3 Å². The van der Waals surface area contributed by atoms with Gasteiger partial charge in [0.15, 0.2) is 5.65 Å². The molecule has 0 unspecified atom stereocenters. The van der Waals surface area contributed by atoms with Crippen LogP contribution in [0.2, 0.25) is 5.15 Å². The Balaban J connectivity index is 1.59. The number of anilines is 1. The lowest BCUT2D eigenvalue weighted by Gasteiger charge is -2.12. The summed E-state index contributed by atoms with van der Waals surface area (Å²) in [5.74, 6) is 0.376. The van der Waals surface area contributed by atoms with Crippen LogP contribution < -0.4 is 10.1 Å². The van der Waals surface area contributed by atoms with Crippen molar-refractivity contribution in [2.24, 2.45) is 0 Å². The Morgan fingerprint density at radius 2 is 2.04 bits per heavy atom. The fraction of sp³-hybridized carbons (Fsp3) is 0.278. The van der Waals surface area contributed by atoms with Crippen molar-refractivity contribution in [3.8, 4) is 5.88 Å². The van der Waals surface area contributed by atoms with Gasteiger partial charge in [-0.2, -0.15) is 22.8 Å². The zero-order valence-electron chi connectivity index (χ0n) is 14.5. The number of ether oxygens (including phenoxy) is 1. The van der Waals surface area contributed by atoms with Crippen molar-refractivity contribution in [2.75, 3.05) is 5.32 Å². The molecule has 0 saturated heterocycles. The zero-order chi connectivity index (χ0) is 20.1. The van der Waals surface area contributed by atoms with Crippen LogP contribution in [0.15, 0.2) is 30.5 Å². The van der Waals surface area contributed by atoms with Crippen LogP contribution in [0.4, 0.5) is 23.7 Å². The number of fused-ring (bicyclic) bond motifs is 1. The van der Waals surface area contributed by atoms with Crippen molar-refractivity contribution in [3.63, 3.8) is 0 Å². The molecule has 3 aromatic rings. The molecule has 10 heteroatoms. The maximum absolute atomic E-state index is 12.9. The first-order valence-corrected chi connectivity index (χ1v) is 8.80. The number of nitrogens with zero attached hydrogens (tertiary/aromatic N) is 3. The van der Waals surface area contributed by atoms with Crippen molar-refractivity contribution >= 4 is 29.0 Å². The largest absolute Gasteiger partial charge is 0.418 e. The van der Waals surface area contributed by atoms with Crippen LogP contribution >= 0.6 is 11.6 Å². The fourth-order valence-corrected chi connectivity index (χ4v) is 3.11. The smallest absolute Gasteiger partial charge is 0.391 e. The number of hydrogen-bond donors (Lipinski definition) is 1. The normalized spacial score (nSPS) is 14.3. The molecule has 0 atom stereocenters. The van der Waals surface area contributed by atoms with Crippen molar-refractivity contribution in [2.45, 2.75) is 31.9 Å². The van der Waals surface area contributed by atoms with E-state index in [1.165, 1.54) is 23.6 Å². The number of nitrogens with one attached hydrogen (secondary N) is 1. The second-order valence-electron chi connectivity index (χ2n) is 6.63. The predicted molar refractivity (Wildman–Crippen MR) is 95.8 cm³/mol. The molecule has 0 bridgehead atoms. The quantitative estimate of drug-likeness (QED) is 0.603. The molecular formula is C18H14ClF3N4O2. The lowest BCUT2D eigenvalue weighted by molar-refractivity contribution is -0.137. The van der Waals surface area contributed by atoms with Gasteiger partial charge in [-0.3, -0.25) is 5.32 Å². The van der Waals surface area contributed by atoms with Crippen LogP contribution in [-0.2, 0) is 6.18 Å². The fourth-order valence-electron chi connectivity index (χ4n) is 2.94. The molecule has 1 N–H and O–H groups in total. The maximum Gasteiger partial charge on any atom is 0.418 e. The minimum absolute atomic E-state index is 0.0168. The highest BCUT2D eigenvalue weighted by Gasteiger charge is 2.31. The molecule has 2 aromatic heterocycles. The van der Waals surface area contributed by atoms with Crippen molar-refractivity contribution in [3.05, 3.63) is 52.3 Å². The Morgan fingerprint density at radius 3 is 2.71 bits per heavy atom. The number of alkyl halides is 3. The Morgan fingerprint density at radius 1 is 1.29 bits per heavy atom. The van der Waals surface area contributed by atoms with E-state index in [4.69, 9.17) is 16.3 Å². The van der Waals surface area contributed by atoms with Gasteiger partial charge >= 0.3 is 12.3 Å². The highest BCUT2D eigenvalue weighted by atomic mass is 35.5. The summed E-state index contributed by atoms with van der Waals surface area (Å²) >= 11 is 6.02. The number of rotatable bonds is 3. The van der Waals surface area contributed by atoms with E-state index >= 15 is 0 Å². The summed E-state index contributed by atoms with van der Waals surface area (Å²) in [4.78, 5) is 16.5. The molecule has 1 amide bonds. The Kier molecular flexibility index (Phi) is 4.41. The summed E-state index contributed by atoms with van der Waals surface area (Å²) in [6.07, 6.45) is -1.78. The van der Waals surface area contributed by atoms with Gasteiger partial charge in [-0.1, -0.05) is 11.6 Å². The highest BCUT2D eigenvalue weighted by Crippen LogP contribution is 2.42. The molecule has 1 aliphatic carbocycles. The van der Waals surface area contributed by atoms with Gasteiger partial charge < -0.3 is 4.74 Å². The maximum atomic E-state index is 12.9. The van der Waals surface area contributed by atoms with Gasteiger partial charge in [0.05, 0.1) is 11.8 Å². The highest BCUT2D eigenvalue weighted by molar-refractivity contribution is 6.29. The monoisotopic (exact) mass is 410 g/mol. The van der Waals surface area contributed by atoms with Crippen molar-refractivity contribution in [1.82, 2.24) is 14.6 Å². The van der Waals surface area contributed by atoms with Crippen LogP contribution in [0.25, 0.3) is 5.65 Å². The Bertz CT molecular complexity index is 1080. The minimum atomic E-state index is -4.52. The number of carbonyl (C=O) groups excluding carboxylic acids is 1. The number of hydrogen-bond acceptors (Lipinski definition) is 4. The third-order valence-corrected chi connectivity index (χ3v) is 4.49. The molecule has 1 aromatic carbocycles. The molecule has 1 aliphatic rings. The average Bonchev–Trinajstić information content (AvgIpc) is 3.33. The van der Waals surface area contributed by atoms with E-state index in [2.05, 4.69) is 15.4 Å². The second kappa shape index (κ2) is 6.66. The Hall–Kier alpha value is -2.81. The second-order valence-corrected chi connectivity index (χ2v) is 7.01. The third kappa shape index (κ3) is 3.75. The number of aryl methyl sites for hydroxylation is 1. The first kappa shape index (κ1) is 18.5. The van der Waals surface area contributed by atoms with E-state index in [-0.39, 0.29) is 16.7 Å². The van der Waals surface area contributed by atoms with Gasteiger partial charge in [-0.05, 0) is 49.4 Å². The number of amides is 1. The lowest BCUT2D eigenvalue weighted by atomic mass is 10.1. The summed E-state index contributed by atoms with van der Waals surface area (Å²) in [5.41, 5.74) is 0.862. The molecule has 1 fully saturated rings. The van der Waals surface area contributed by atoms with Gasteiger partial charge in [0.25, 0.3) is 0 Å².